The Kier molecular flexibility index (Phi) is 2.44. The third-order valence-corrected chi connectivity index (χ3v) is 2.23. The van der Waals surface area contributed by atoms with Gasteiger partial charge in [0.2, 0.25) is 5.91 Å². The molecule has 0 aromatic rings. The van der Waals surface area contributed by atoms with Crippen LogP contribution >= 0.6 is 0 Å². The van der Waals surface area contributed by atoms with Gasteiger partial charge in [-0.3, -0.25) is 4.79 Å². The minimum atomic E-state index is -5.67. The molecule has 1 aliphatic heterocycles. The van der Waals surface area contributed by atoms with Crippen molar-refractivity contribution in [3.8, 4) is 0 Å². The van der Waals surface area contributed by atoms with Crippen molar-refractivity contribution < 1.29 is 30.6 Å². The van der Waals surface area contributed by atoms with Gasteiger partial charge in [0.05, 0.1) is 6.54 Å². The summed E-state index contributed by atoms with van der Waals surface area (Å²) in [7, 11) is -5.67. The second-order valence-electron chi connectivity index (χ2n) is 2.31. The van der Waals surface area contributed by atoms with Crippen molar-refractivity contribution in [1.82, 2.24) is 5.32 Å². The zero-order valence-electron chi connectivity index (χ0n) is 6.46. The number of alkyl halides is 3. The number of halogens is 3. The molecule has 1 aliphatic rings. The lowest BCUT2D eigenvalue weighted by molar-refractivity contribution is -0.115. The molecule has 0 unspecified atom stereocenters. The summed E-state index contributed by atoms with van der Waals surface area (Å²) in [4.78, 5) is 10.4. The molecule has 0 saturated heterocycles. The molecule has 0 aromatic carbocycles. The molecule has 0 radical (unpaired) electrons. The molecule has 0 aromatic heterocycles. The first-order chi connectivity index (χ1) is 6.22. The fourth-order valence-corrected chi connectivity index (χ4v) is 1.15. The van der Waals surface area contributed by atoms with E-state index in [-0.39, 0.29) is 6.54 Å². The average molecular weight is 231 g/mol. The van der Waals surface area contributed by atoms with Gasteiger partial charge in [-0.2, -0.15) is 21.6 Å². The van der Waals surface area contributed by atoms with E-state index in [1.165, 1.54) is 0 Å². The summed E-state index contributed by atoms with van der Waals surface area (Å²) in [5.41, 5.74) is -5.49. The quantitative estimate of drug-likeness (QED) is 0.530. The van der Waals surface area contributed by atoms with Gasteiger partial charge >= 0.3 is 15.6 Å². The van der Waals surface area contributed by atoms with Crippen molar-refractivity contribution in [2.45, 2.75) is 5.51 Å². The summed E-state index contributed by atoms with van der Waals surface area (Å²) < 4.78 is 59.6. The maximum atomic E-state index is 11.7. The number of hydrogen-bond donors (Lipinski definition) is 1. The van der Waals surface area contributed by atoms with Crippen LogP contribution in [0.4, 0.5) is 13.2 Å². The van der Waals surface area contributed by atoms with E-state index in [9.17, 15) is 26.4 Å². The lowest BCUT2D eigenvalue weighted by atomic mass is 10.5. The highest BCUT2D eigenvalue weighted by atomic mass is 32.2. The van der Waals surface area contributed by atoms with Gasteiger partial charge in [-0.05, 0) is 0 Å². The molecule has 0 fully saturated rings. The Morgan fingerprint density at radius 1 is 1.43 bits per heavy atom. The van der Waals surface area contributed by atoms with Crippen molar-refractivity contribution in [3.63, 3.8) is 0 Å². The minimum absolute atomic E-state index is 0.367. The van der Waals surface area contributed by atoms with Gasteiger partial charge in [0, 0.05) is 6.08 Å². The van der Waals surface area contributed by atoms with Crippen molar-refractivity contribution >= 4 is 16.0 Å². The second-order valence-corrected chi connectivity index (χ2v) is 3.85. The summed E-state index contributed by atoms with van der Waals surface area (Å²) in [5, 5.41) is 2.06. The summed E-state index contributed by atoms with van der Waals surface area (Å²) >= 11 is 0. The van der Waals surface area contributed by atoms with Gasteiger partial charge < -0.3 is 9.50 Å². The number of carbonyl (C=O) groups excluding carboxylic acids is 1. The number of nitrogens with one attached hydrogen (secondary N) is 1. The number of carbonyl (C=O) groups is 1. The highest BCUT2D eigenvalue weighted by Gasteiger charge is 2.49. The predicted octanol–water partition coefficient (Wildman–Crippen LogP) is -0.134. The van der Waals surface area contributed by atoms with E-state index in [0.29, 0.717) is 6.08 Å². The predicted molar refractivity (Wildman–Crippen MR) is 37.2 cm³/mol. The maximum Gasteiger partial charge on any atom is 0.534 e. The van der Waals surface area contributed by atoms with Crippen molar-refractivity contribution in [2.75, 3.05) is 6.54 Å². The molecule has 0 atom stereocenters. The van der Waals surface area contributed by atoms with E-state index in [4.69, 9.17) is 0 Å². The standard InChI is InChI=1S/C5H4F3NO4S/c6-5(7,8)14(11,12)13-3-1-4(10)9-2-3/h1H,2H2,(H,9,10). The van der Waals surface area contributed by atoms with Crippen molar-refractivity contribution in [2.24, 2.45) is 0 Å². The van der Waals surface area contributed by atoms with Gasteiger partial charge in [0.15, 0.2) is 0 Å². The van der Waals surface area contributed by atoms with Crippen LogP contribution in [0.3, 0.4) is 0 Å². The molecule has 9 heteroatoms. The summed E-state index contributed by atoms with van der Waals surface area (Å²) in [6.07, 6.45) is 0.642. The highest BCUT2D eigenvalue weighted by molar-refractivity contribution is 7.87. The maximum absolute atomic E-state index is 11.7. The zero-order valence-corrected chi connectivity index (χ0v) is 7.28. The van der Waals surface area contributed by atoms with Crippen LogP contribution < -0.4 is 5.32 Å². The Hall–Kier alpha value is -1.25. The van der Waals surface area contributed by atoms with Crippen LogP contribution in [0.1, 0.15) is 0 Å². The number of rotatable bonds is 2. The SMILES string of the molecule is O=C1C=C(OS(=O)(=O)C(F)(F)F)CN1. The zero-order chi connectivity index (χ0) is 11.0. The smallest absolute Gasteiger partial charge is 0.378 e. The van der Waals surface area contributed by atoms with E-state index in [2.05, 4.69) is 9.50 Å². The van der Waals surface area contributed by atoms with Crippen LogP contribution in [0.15, 0.2) is 11.8 Å². The molecule has 0 spiro atoms. The van der Waals surface area contributed by atoms with Gasteiger partial charge in [-0.1, -0.05) is 0 Å². The molecular formula is C5H4F3NO4S. The molecule has 0 aliphatic carbocycles. The Balaban J connectivity index is 2.80. The summed E-state index contributed by atoms with van der Waals surface area (Å²) in [6.45, 7) is -0.367. The molecule has 5 nitrogen and oxygen atoms in total. The monoisotopic (exact) mass is 231 g/mol. The van der Waals surface area contributed by atoms with Crippen LogP contribution in [-0.2, 0) is 19.1 Å². The minimum Gasteiger partial charge on any atom is -0.378 e. The lowest BCUT2D eigenvalue weighted by Crippen LogP contribution is -2.26. The van der Waals surface area contributed by atoms with Gasteiger partial charge in [0.1, 0.15) is 5.76 Å². The molecule has 1 heterocycles. The molecule has 0 saturated carbocycles. The highest BCUT2D eigenvalue weighted by Crippen LogP contribution is 2.26. The first-order valence-electron chi connectivity index (χ1n) is 3.21. The van der Waals surface area contributed by atoms with E-state index in [1.807, 2.05) is 0 Å². The van der Waals surface area contributed by atoms with Gasteiger partial charge in [-0.25, -0.2) is 0 Å². The molecule has 1 N–H and O–H groups in total. The largest absolute Gasteiger partial charge is 0.534 e. The Labute approximate surface area is 76.7 Å². The first-order valence-corrected chi connectivity index (χ1v) is 4.62. The van der Waals surface area contributed by atoms with Crippen molar-refractivity contribution in [3.05, 3.63) is 11.8 Å². The summed E-state index contributed by atoms with van der Waals surface area (Å²) in [6, 6.07) is 0. The fourth-order valence-electron chi connectivity index (χ4n) is 0.664. The van der Waals surface area contributed by atoms with Gasteiger partial charge in [-0.15, -0.1) is 0 Å². The first kappa shape index (κ1) is 10.8. The molecule has 0 bridgehead atoms. The topological polar surface area (TPSA) is 72.5 Å². The van der Waals surface area contributed by atoms with Crippen LogP contribution in [0.5, 0.6) is 0 Å². The number of hydrogen-bond acceptors (Lipinski definition) is 4. The van der Waals surface area contributed by atoms with E-state index in [0.717, 1.165) is 0 Å². The van der Waals surface area contributed by atoms with Crippen LogP contribution in [0, 0.1) is 0 Å². The van der Waals surface area contributed by atoms with Crippen LogP contribution in [0.25, 0.3) is 0 Å². The Morgan fingerprint density at radius 2 is 2.00 bits per heavy atom. The van der Waals surface area contributed by atoms with E-state index < -0.39 is 27.3 Å². The Morgan fingerprint density at radius 3 is 2.36 bits per heavy atom. The Bertz CT molecular complexity index is 382. The molecular weight excluding hydrogens is 227 g/mol. The van der Waals surface area contributed by atoms with Gasteiger partial charge in [0.25, 0.3) is 0 Å². The molecule has 14 heavy (non-hydrogen) atoms. The van der Waals surface area contributed by atoms with E-state index in [1.54, 1.807) is 0 Å². The summed E-state index contributed by atoms with van der Waals surface area (Å²) in [5.74, 6) is -1.27. The third kappa shape index (κ3) is 2.16. The van der Waals surface area contributed by atoms with Crippen LogP contribution in [0.2, 0.25) is 0 Å². The average Bonchev–Trinajstić information content (AvgIpc) is 2.31. The third-order valence-electron chi connectivity index (χ3n) is 1.23. The van der Waals surface area contributed by atoms with Crippen molar-refractivity contribution in [1.29, 1.82) is 0 Å². The van der Waals surface area contributed by atoms with Crippen LogP contribution in [-0.4, -0.2) is 26.4 Å². The van der Waals surface area contributed by atoms with E-state index >= 15 is 0 Å². The number of amides is 1. The normalized spacial score (nSPS) is 17.6. The second kappa shape index (κ2) is 3.15. The molecule has 80 valence electrons. The fraction of sp³-hybridized carbons (Fsp3) is 0.400. The molecule has 1 amide bonds. The molecule has 1 rings (SSSR count). The lowest BCUT2D eigenvalue weighted by Gasteiger charge is -2.08.